The zero-order chi connectivity index (χ0) is 12.7. The van der Waals surface area contributed by atoms with Crippen LogP contribution in [0.2, 0.25) is 0 Å². The van der Waals surface area contributed by atoms with Crippen molar-refractivity contribution in [2.45, 2.75) is 25.5 Å². The molecule has 0 aliphatic carbocycles. The Hall–Kier alpha value is -0.920. The molecule has 1 heterocycles. The molecule has 1 aromatic rings. The van der Waals surface area contributed by atoms with Gasteiger partial charge in [0.1, 0.15) is 5.82 Å². The topological polar surface area (TPSA) is 86.9 Å². The fraction of sp³-hybridized carbons (Fsp3) is 0.700. The Bertz CT molecular complexity index is 402. The number of hydrogen-bond acceptors (Lipinski definition) is 4. The lowest BCUT2D eigenvalue weighted by atomic mass is 10.4. The van der Waals surface area contributed by atoms with Gasteiger partial charge in [0.25, 0.3) is 0 Å². The van der Waals surface area contributed by atoms with Crippen LogP contribution in [0, 0.1) is 0 Å². The lowest BCUT2D eigenvalue weighted by Crippen LogP contribution is -2.39. The lowest BCUT2D eigenvalue weighted by molar-refractivity contribution is 0.559. The van der Waals surface area contributed by atoms with Gasteiger partial charge in [-0.25, -0.2) is 18.1 Å². The van der Waals surface area contributed by atoms with E-state index in [1.807, 2.05) is 6.92 Å². The van der Waals surface area contributed by atoms with Gasteiger partial charge in [0.05, 0.1) is 5.25 Å². The standard InChI is InChI=1S/C10H20N4O2S/c1-3-11-8-9(2)17(15,16)14-5-4-10-12-6-7-13-10/h6-7,9,11,14H,3-5,8H2,1-2H3,(H,12,13). The van der Waals surface area contributed by atoms with E-state index in [0.29, 0.717) is 19.5 Å². The average Bonchev–Trinajstić information content (AvgIpc) is 2.78. The van der Waals surface area contributed by atoms with E-state index in [2.05, 4.69) is 20.0 Å². The Morgan fingerprint density at radius 1 is 1.53 bits per heavy atom. The zero-order valence-electron chi connectivity index (χ0n) is 10.2. The molecule has 6 nitrogen and oxygen atoms in total. The Morgan fingerprint density at radius 2 is 2.29 bits per heavy atom. The molecule has 17 heavy (non-hydrogen) atoms. The minimum absolute atomic E-state index is 0.367. The molecule has 7 heteroatoms. The number of H-pyrrole nitrogens is 1. The van der Waals surface area contributed by atoms with Crippen LogP contribution in [0.25, 0.3) is 0 Å². The van der Waals surface area contributed by atoms with Crippen molar-refractivity contribution in [2.24, 2.45) is 0 Å². The SMILES string of the molecule is CCNCC(C)S(=O)(=O)NCCc1ncc[nH]1. The van der Waals surface area contributed by atoms with Crippen LogP contribution in [0.15, 0.2) is 12.4 Å². The molecule has 0 saturated heterocycles. The van der Waals surface area contributed by atoms with Crippen molar-refractivity contribution >= 4 is 10.0 Å². The monoisotopic (exact) mass is 260 g/mol. The number of aromatic nitrogens is 2. The first-order valence-corrected chi connectivity index (χ1v) is 7.28. The number of nitrogens with zero attached hydrogens (tertiary/aromatic N) is 1. The molecule has 98 valence electrons. The summed E-state index contributed by atoms with van der Waals surface area (Å²) in [5.74, 6) is 0.784. The molecule has 0 fully saturated rings. The van der Waals surface area contributed by atoms with Crippen molar-refractivity contribution in [3.05, 3.63) is 18.2 Å². The smallest absolute Gasteiger partial charge is 0.215 e. The van der Waals surface area contributed by atoms with Gasteiger partial charge in [0.2, 0.25) is 10.0 Å². The highest BCUT2D eigenvalue weighted by Gasteiger charge is 2.19. The molecule has 3 N–H and O–H groups in total. The second-order valence-corrected chi connectivity index (χ2v) is 6.03. The van der Waals surface area contributed by atoms with E-state index in [9.17, 15) is 8.42 Å². The van der Waals surface area contributed by atoms with Crippen LogP contribution >= 0.6 is 0 Å². The number of sulfonamides is 1. The summed E-state index contributed by atoms with van der Waals surface area (Å²) < 4.78 is 26.1. The molecule has 1 atom stereocenters. The average molecular weight is 260 g/mol. The van der Waals surface area contributed by atoms with Crippen LogP contribution in [0.4, 0.5) is 0 Å². The molecule has 0 saturated carbocycles. The Kier molecular flexibility index (Phi) is 5.60. The van der Waals surface area contributed by atoms with E-state index < -0.39 is 15.3 Å². The molecule has 1 aromatic heterocycles. The van der Waals surface area contributed by atoms with Gasteiger partial charge in [-0.2, -0.15) is 0 Å². The second-order valence-electron chi connectivity index (χ2n) is 3.84. The van der Waals surface area contributed by atoms with Gasteiger partial charge in [-0.3, -0.25) is 0 Å². The van der Waals surface area contributed by atoms with Gasteiger partial charge in [0.15, 0.2) is 0 Å². The molecule has 0 bridgehead atoms. The molecule has 0 aliphatic rings. The van der Waals surface area contributed by atoms with Gasteiger partial charge in [-0.1, -0.05) is 6.92 Å². The third-order valence-electron chi connectivity index (χ3n) is 2.43. The van der Waals surface area contributed by atoms with E-state index in [1.54, 1.807) is 19.3 Å². The van der Waals surface area contributed by atoms with Crippen molar-refractivity contribution in [1.29, 1.82) is 0 Å². The molecule has 0 aromatic carbocycles. The fourth-order valence-corrected chi connectivity index (χ4v) is 2.35. The zero-order valence-corrected chi connectivity index (χ0v) is 11.0. The normalized spacial score (nSPS) is 13.8. The van der Waals surface area contributed by atoms with Crippen LogP contribution in [0.1, 0.15) is 19.7 Å². The number of rotatable bonds is 8. The summed E-state index contributed by atoms with van der Waals surface area (Å²) in [6.45, 7) is 5.24. The van der Waals surface area contributed by atoms with Gasteiger partial charge in [-0.05, 0) is 13.5 Å². The Balaban J connectivity index is 2.33. The minimum atomic E-state index is -3.24. The third kappa shape index (κ3) is 4.84. The summed E-state index contributed by atoms with van der Waals surface area (Å²) in [6.07, 6.45) is 3.94. The number of aromatic amines is 1. The molecule has 0 spiro atoms. The van der Waals surface area contributed by atoms with Crippen molar-refractivity contribution in [3.63, 3.8) is 0 Å². The highest BCUT2D eigenvalue weighted by Crippen LogP contribution is 1.97. The highest BCUT2D eigenvalue weighted by molar-refractivity contribution is 7.90. The summed E-state index contributed by atoms with van der Waals surface area (Å²) in [5, 5.41) is 2.59. The van der Waals surface area contributed by atoms with Crippen molar-refractivity contribution < 1.29 is 8.42 Å². The molecule has 0 radical (unpaired) electrons. The van der Waals surface area contributed by atoms with Crippen LogP contribution in [-0.4, -0.2) is 43.3 Å². The number of imidazole rings is 1. The summed E-state index contributed by atoms with van der Waals surface area (Å²) in [6, 6.07) is 0. The first-order valence-electron chi connectivity index (χ1n) is 5.73. The molecule has 0 aliphatic heterocycles. The first kappa shape index (κ1) is 14.1. The fourth-order valence-electron chi connectivity index (χ4n) is 1.35. The van der Waals surface area contributed by atoms with E-state index in [0.717, 1.165) is 12.4 Å². The summed E-state index contributed by atoms with van der Waals surface area (Å²) in [4.78, 5) is 6.96. The largest absolute Gasteiger partial charge is 0.349 e. The minimum Gasteiger partial charge on any atom is -0.349 e. The van der Waals surface area contributed by atoms with E-state index >= 15 is 0 Å². The van der Waals surface area contributed by atoms with Crippen molar-refractivity contribution in [1.82, 2.24) is 20.0 Å². The van der Waals surface area contributed by atoms with Crippen LogP contribution < -0.4 is 10.0 Å². The molecule has 1 rings (SSSR count). The van der Waals surface area contributed by atoms with E-state index in [-0.39, 0.29) is 0 Å². The second kappa shape index (κ2) is 6.73. The van der Waals surface area contributed by atoms with Crippen LogP contribution in [0.5, 0.6) is 0 Å². The van der Waals surface area contributed by atoms with Gasteiger partial charge < -0.3 is 10.3 Å². The summed E-state index contributed by atoms with van der Waals surface area (Å²) in [7, 11) is -3.24. The summed E-state index contributed by atoms with van der Waals surface area (Å²) >= 11 is 0. The van der Waals surface area contributed by atoms with E-state index in [4.69, 9.17) is 0 Å². The number of nitrogens with one attached hydrogen (secondary N) is 3. The van der Waals surface area contributed by atoms with Crippen molar-refractivity contribution in [2.75, 3.05) is 19.6 Å². The van der Waals surface area contributed by atoms with Gasteiger partial charge in [-0.15, -0.1) is 0 Å². The maximum absolute atomic E-state index is 11.8. The predicted molar refractivity (Wildman–Crippen MR) is 67.2 cm³/mol. The van der Waals surface area contributed by atoms with Gasteiger partial charge in [0, 0.05) is 31.9 Å². The molecule has 1 unspecified atom stereocenters. The molecular formula is C10H20N4O2S. The molecule has 0 amide bonds. The molecular weight excluding hydrogens is 240 g/mol. The van der Waals surface area contributed by atoms with Crippen LogP contribution in [0.3, 0.4) is 0 Å². The Labute approximate surface area is 102 Å². The van der Waals surface area contributed by atoms with Gasteiger partial charge >= 0.3 is 0 Å². The van der Waals surface area contributed by atoms with Crippen LogP contribution in [-0.2, 0) is 16.4 Å². The predicted octanol–water partition coefficient (Wildman–Crippen LogP) is -0.130. The maximum atomic E-state index is 11.8. The first-order chi connectivity index (χ1) is 8.06. The van der Waals surface area contributed by atoms with Crippen molar-refractivity contribution in [3.8, 4) is 0 Å². The quantitative estimate of drug-likeness (QED) is 0.607. The number of hydrogen-bond donors (Lipinski definition) is 3. The van der Waals surface area contributed by atoms with E-state index in [1.165, 1.54) is 0 Å². The maximum Gasteiger partial charge on any atom is 0.215 e. The highest BCUT2D eigenvalue weighted by atomic mass is 32.2. The summed E-state index contributed by atoms with van der Waals surface area (Å²) in [5.41, 5.74) is 0. The Morgan fingerprint density at radius 3 is 2.88 bits per heavy atom. The lowest BCUT2D eigenvalue weighted by Gasteiger charge is -2.13. The third-order valence-corrected chi connectivity index (χ3v) is 4.26.